The second kappa shape index (κ2) is 7.54. The molecule has 10 heteroatoms. The lowest BCUT2D eigenvalue weighted by Gasteiger charge is -2.38. The van der Waals surface area contributed by atoms with Crippen molar-refractivity contribution in [3.8, 4) is 17.2 Å². The van der Waals surface area contributed by atoms with E-state index in [2.05, 4.69) is 5.32 Å². The summed E-state index contributed by atoms with van der Waals surface area (Å²) in [6.07, 6.45) is -1.99. The lowest BCUT2D eigenvalue weighted by atomic mass is 9.75. The first-order chi connectivity index (χ1) is 13.9. The van der Waals surface area contributed by atoms with Gasteiger partial charge in [0.25, 0.3) is 11.8 Å². The molecule has 0 bridgehead atoms. The maximum atomic E-state index is 12.6. The van der Waals surface area contributed by atoms with Gasteiger partial charge in [0.15, 0.2) is 11.5 Å². The normalized spacial score (nSPS) is 25.6. The number of carbonyl (C=O) groups is 2. The van der Waals surface area contributed by atoms with Crippen molar-refractivity contribution in [2.75, 3.05) is 6.79 Å². The number of nitrogens with two attached hydrogens (primary N) is 1. The molecule has 9 nitrogen and oxygen atoms in total. The minimum Gasteiger partial charge on any atom is -0.504 e. The average Bonchev–Trinajstić information content (AvgIpc) is 3.35. The topological polar surface area (TPSA) is 151 Å². The number of primary amides is 1. The van der Waals surface area contributed by atoms with Gasteiger partial charge in [-0.15, -0.1) is 11.3 Å². The summed E-state index contributed by atoms with van der Waals surface area (Å²) in [5.74, 6) is -1.97. The highest BCUT2D eigenvalue weighted by Crippen LogP contribution is 2.48. The van der Waals surface area contributed by atoms with Crippen LogP contribution in [0.3, 0.4) is 0 Å². The molecule has 1 aliphatic carbocycles. The fourth-order valence-corrected chi connectivity index (χ4v) is 4.54. The van der Waals surface area contributed by atoms with E-state index in [1.807, 2.05) is 0 Å². The van der Waals surface area contributed by atoms with Crippen molar-refractivity contribution >= 4 is 23.2 Å². The third-order valence-corrected chi connectivity index (χ3v) is 6.17. The molecule has 1 aromatic carbocycles. The summed E-state index contributed by atoms with van der Waals surface area (Å²) in [6.45, 7) is -0.116. The summed E-state index contributed by atoms with van der Waals surface area (Å²) in [4.78, 5) is 25.2. The van der Waals surface area contributed by atoms with Gasteiger partial charge in [-0.2, -0.15) is 0 Å². The number of phenols is 1. The molecule has 2 aliphatic rings. The molecule has 1 aliphatic heterocycles. The number of aliphatic hydroxyl groups is 2. The van der Waals surface area contributed by atoms with Gasteiger partial charge in [-0.1, -0.05) is 6.07 Å². The van der Waals surface area contributed by atoms with E-state index in [4.69, 9.17) is 15.2 Å². The number of ether oxygens (including phenoxy) is 2. The van der Waals surface area contributed by atoms with Crippen molar-refractivity contribution in [1.29, 1.82) is 0 Å². The molecule has 3 unspecified atom stereocenters. The van der Waals surface area contributed by atoms with E-state index >= 15 is 0 Å². The fraction of sp³-hybridized carbons (Fsp3) is 0.368. The number of rotatable bonds is 4. The predicted molar refractivity (Wildman–Crippen MR) is 102 cm³/mol. The summed E-state index contributed by atoms with van der Waals surface area (Å²) in [5.41, 5.74) is 5.68. The fourth-order valence-electron chi connectivity index (χ4n) is 3.91. The van der Waals surface area contributed by atoms with Crippen LogP contribution in [0.25, 0.3) is 0 Å². The second-order valence-corrected chi connectivity index (χ2v) is 8.00. The van der Waals surface area contributed by atoms with Gasteiger partial charge in [-0.25, -0.2) is 0 Å². The number of thiophene rings is 1. The Kier molecular flexibility index (Phi) is 5.07. The SMILES string of the molecule is NC(=O)c1c(C2CC(O)[C@H](O)CC2NC(=O)c2cccs2)cc2c(c1O)OCO2. The largest absolute Gasteiger partial charge is 0.504 e. The van der Waals surface area contributed by atoms with Crippen molar-refractivity contribution in [2.24, 2.45) is 5.73 Å². The Morgan fingerprint density at radius 1 is 1.21 bits per heavy atom. The summed E-state index contributed by atoms with van der Waals surface area (Å²) >= 11 is 1.27. The molecule has 4 rings (SSSR count). The van der Waals surface area contributed by atoms with E-state index < -0.39 is 35.8 Å². The van der Waals surface area contributed by atoms with E-state index in [-0.39, 0.29) is 42.6 Å². The van der Waals surface area contributed by atoms with E-state index in [1.54, 1.807) is 17.5 Å². The smallest absolute Gasteiger partial charge is 0.261 e. The third kappa shape index (κ3) is 3.50. The number of aromatic hydroxyl groups is 1. The van der Waals surface area contributed by atoms with Crippen LogP contribution in [0.4, 0.5) is 0 Å². The number of nitrogens with one attached hydrogen (secondary N) is 1. The third-order valence-electron chi connectivity index (χ3n) is 5.30. The molecule has 1 fully saturated rings. The minimum absolute atomic E-state index is 0.0260. The van der Waals surface area contributed by atoms with E-state index in [0.717, 1.165) is 0 Å². The van der Waals surface area contributed by atoms with Crippen LogP contribution in [0.2, 0.25) is 0 Å². The van der Waals surface area contributed by atoms with Crippen LogP contribution in [0.15, 0.2) is 23.6 Å². The summed E-state index contributed by atoms with van der Waals surface area (Å²) in [7, 11) is 0. The Morgan fingerprint density at radius 2 is 1.97 bits per heavy atom. The Hall–Kier alpha value is -2.82. The van der Waals surface area contributed by atoms with Gasteiger partial charge in [-0.05, 0) is 35.9 Å². The number of amides is 2. The quantitative estimate of drug-likeness (QED) is 0.488. The highest BCUT2D eigenvalue weighted by Gasteiger charge is 2.40. The van der Waals surface area contributed by atoms with Gasteiger partial charge in [0.05, 0.1) is 22.6 Å². The van der Waals surface area contributed by atoms with E-state index in [9.17, 15) is 24.9 Å². The van der Waals surface area contributed by atoms with Crippen LogP contribution in [0, 0.1) is 0 Å². The summed E-state index contributed by atoms with van der Waals surface area (Å²) < 4.78 is 10.5. The van der Waals surface area contributed by atoms with Gasteiger partial charge in [0.1, 0.15) is 0 Å². The molecule has 2 amide bonds. The molecule has 154 valence electrons. The van der Waals surface area contributed by atoms with Crippen molar-refractivity contribution in [3.05, 3.63) is 39.6 Å². The summed E-state index contributed by atoms with van der Waals surface area (Å²) in [5, 5.41) is 35.6. The lowest BCUT2D eigenvalue weighted by molar-refractivity contribution is -0.0248. The number of aliphatic hydroxyl groups excluding tert-OH is 2. The van der Waals surface area contributed by atoms with Gasteiger partial charge in [0.2, 0.25) is 12.5 Å². The van der Waals surface area contributed by atoms with Crippen molar-refractivity contribution in [2.45, 2.75) is 37.0 Å². The second-order valence-electron chi connectivity index (χ2n) is 7.06. The first-order valence-corrected chi connectivity index (χ1v) is 9.90. The molecule has 4 atom stereocenters. The molecule has 0 spiro atoms. The maximum Gasteiger partial charge on any atom is 0.261 e. The van der Waals surface area contributed by atoms with Crippen molar-refractivity contribution in [1.82, 2.24) is 5.32 Å². The molecule has 2 heterocycles. The number of benzene rings is 1. The monoisotopic (exact) mass is 420 g/mol. The van der Waals surface area contributed by atoms with E-state index in [0.29, 0.717) is 10.4 Å². The molecule has 0 saturated heterocycles. The van der Waals surface area contributed by atoms with Crippen LogP contribution >= 0.6 is 11.3 Å². The van der Waals surface area contributed by atoms with E-state index in [1.165, 1.54) is 17.4 Å². The van der Waals surface area contributed by atoms with Gasteiger partial charge in [-0.3, -0.25) is 9.59 Å². The van der Waals surface area contributed by atoms with Gasteiger partial charge < -0.3 is 35.8 Å². The van der Waals surface area contributed by atoms with Crippen LogP contribution in [0.1, 0.15) is 44.4 Å². The summed E-state index contributed by atoms with van der Waals surface area (Å²) in [6, 6.07) is 4.34. The lowest BCUT2D eigenvalue weighted by Crippen LogP contribution is -2.49. The van der Waals surface area contributed by atoms with Crippen molar-refractivity contribution < 1.29 is 34.4 Å². The Morgan fingerprint density at radius 3 is 2.66 bits per heavy atom. The molecule has 2 aromatic rings. The zero-order valence-corrected chi connectivity index (χ0v) is 16.0. The first kappa shape index (κ1) is 19.5. The molecule has 6 N–H and O–H groups in total. The molecule has 1 saturated carbocycles. The highest BCUT2D eigenvalue weighted by atomic mass is 32.1. The standard InChI is InChI=1S/C19H20N2O7S/c20-18(25)15-9(5-13-17(16(15)24)28-7-27-13)8-4-11(22)12(23)6-10(8)21-19(26)14-2-1-3-29-14/h1-3,5,8,10-12,22-24H,4,6-7H2,(H2,20,25)(H,21,26)/t8?,10?,11?,12-/m1/s1. The number of hydrogen-bond acceptors (Lipinski definition) is 8. The van der Waals surface area contributed by atoms with Crippen LogP contribution in [-0.4, -0.2) is 52.2 Å². The van der Waals surface area contributed by atoms with Crippen LogP contribution < -0.4 is 20.5 Å². The van der Waals surface area contributed by atoms with Gasteiger partial charge in [0, 0.05) is 12.0 Å². The number of carbonyl (C=O) groups excluding carboxylic acids is 2. The highest BCUT2D eigenvalue weighted by molar-refractivity contribution is 7.12. The van der Waals surface area contributed by atoms with Gasteiger partial charge >= 0.3 is 0 Å². The average molecular weight is 420 g/mol. The Balaban J connectivity index is 1.75. The molecule has 0 radical (unpaired) electrons. The Bertz CT molecular complexity index is 947. The van der Waals surface area contributed by atoms with Crippen LogP contribution in [0.5, 0.6) is 17.2 Å². The zero-order valence-electron chi connectivity index (χ0n) is 15.2. The molecular weight excluding hydrogens is 400 g/mol. The molecule has 1 aromatic heterocycles. The molecule has 29 heavy (non-hydrogen) atoms. The molecular formula is C19H20N2O7S. The predicted octanol–water partition coefficient (Wildman–Crippen LogP) is 0.679. The maximum absolute atomic E-state index is 12.6. The number of hydrogen-bond donors (Lipinski definition) is 5. The zero-order chi connectivity index (χ0) is 20.7. The number of fused-ring (bicyclic) bond motifs is 1. The Labute approximate surface area is 169 Å². The minimum atomic E-state index is -1.07. The first-order valence-electron chi connectivity index (χ1n) is 9.02. The van der Waals surface area contributed by atoms with Crippen molar-refractivity contribution in [3.63, 3.8) is 0 Å². The van der Waals surface area contributed by atoms with Crippen LogP contribution in [-0.2, 0) is 0 Å².